The third-order valence-corrected chi connectivity index (χ3v) is 4.64. The van der Waals surface area contributed by atoms with Crippen molar-refractivity contribution in [2.75, 3.05) is 5.75 Å². The van der Waals surface area contributed by atoms with Gasteiger partial charge in [-0.1, -0.05) is 13.8 Å². The Balaban J connectivity index is 2.37. The summed E-state index contributed by atoms with van der Waals surface area (Å²) in [5.74, 6) is -1.06. The van der Waals surface area contributed by atoms with E-state index in [1.165, 1.54) is 0 Å². The molecule has 1 rings (SSSR count). The predicted molar refractivity (Wildman–Crippen MR) is 65.2 cm³/mol. The van der Waals surface area contributed by atoms with Crippen molar-refractivity contribution in [2.24, 2.45) is 5.41 Å². The van der Waals surface area contributed by atoms with Crippen LogP contribution in [-0.4, -0.2) is 31.3 Å². The third-order valence-electron chi connectivity index (χ3n) is 3.12. The number of carbonyl (C=O) groups is 1. The number of hydrogen-bond donors (Lipinski definition) is 2. The second kappa shape index (κ2) is 5.35. The second-order valence-corrected chi connectivity index (χ2v) is 7.41. The smallest absolute Gasteiger partial charge is 0.303 e. The van der Waals surface area contributed by atoms with E-state index in [4.69, 9.17) is 5.11 Å². The summed E-state index contributed by atoms with van der Waals surface area (Å²) in [7, 11) is -3.32. The zero-order valence-corrected chi connectivity index (χ0v) is 11.2. The zero-order chi connectivity index (χ0) is 13.1. The average molecular weight is 263 g/mol. The molecule has 0 saturated heterocycles. The van der Waals surface area contributed by atoms with Gasteiger partial charge in [0.25, 0.3) is 0 Å². The van der Waals surface area contributed by atoms with Crippen molar-refractivity contribution in [1.82, 2.24) is 4.72 Å². The normalized spacial score (nSPS) is 23.8. The lowest BCUT2D eigenvalue weighted by molar-refractivity contribution is -0.137. The number of sulfonamides is 1. The molecule has 0 aromatic carbocycles. The predicted octanol–water partition coefficient (Wildman–Crippen LogP) is 1.35. The number of rotatable bonds is 6. The molecule has 1 aliphatic rings. The summed E-state index contributed by atoms with van der Waals surface area (Å²) in [5, 5.41) is 8.45. The molecule has 1 fully saturated rings. The molecule has 2 N–H and O–H groups in total. The van der Waals surface area contributed by atoms with Crippen LogP contribution in [0.2, 0.25) is 0 Å². The van der Waals surface area contributed by atoms with E-state index in [0.717, 1.165) is 19.3 Å². The van der Waals surface area contributed by atoms with E-state index < -0.39 is 16.0 Å². The Morgan fingerprint density at radius 2 is 2.12 bits per heavy atom. The van der Waals surface area contributed by atoms with E-state index in [2.05, 4.69) is 18.6 Å². The van der Waals surface area contributed by atoms with Gasteiger partial charge >= 0.3 is 5.97 Å². The molecule has 1 unspecified atom stereocenters. The summed E-state index contributed by atoms with van der Waals surface area (Å²) in [5.41, 5.74) is 0.203. The van der Waals surface area contributed by atoms with E-state index in [1.54, 1.807) is 0 Å². The number of carboxylic acid groups (broad SMARTS) is 1. The van der Waals surface area contributed by atoms with E-state index in [1.807, 2.05) is 0 Å². The molecule has 0 aromatic heterocycles. The average Bonchev–Trinajstić information content (AvgIpc) is 2.43. The molecule has 0 aliphatic heterocycles. The van der Waals surface area contributed by atoms with Crippen molar-refractivity contribution in [3.05, 3.63) is 0 Å². The van der Waals surface area contributed by atoms with Crippen LogP contribution in [-0.2, 0) is 14.8 Å². The fraction of sp³-hybridized carbons (Fsp3) is 0.909. The Morgan fingerprint density at radius 1 is 1.47 bits per heavy atom. The van der Waals surface area contributed by atoms with Gasteiger partial charge in [-0.15, -0.1) is 0 Å². The molecule has 5 nitrogen and oxygen atoms in total. The molecule has 17 heavy (non-hydrogen) atoms. The summed E-state index contributed by atoms with van der Waals surface area (Å²) in [6.07, 6.45) is 2.81. The van der Waals surface area contributed by atoms with Gasteiger partial charge in [0.05, 0.1) is 5.75 Å². The first-order chi connectivity index (χ1) is 7.70. The molecule has 0 spiro atoms. The van der Waals surface area contributed by atoms with Crippen LogP contribution in [0.15, 0.2) is 0 Å². The van der Waals surface area contributed by atoms with E-state index in [9.17, 15) is 13.2 Å². The van der Waals surface area contributed by atoms with Crippen LogP contribution in [0, 0.1) is 5.41 Å². The lowest BCUT2D eigenvalue weighted by Crippen LogP contribution is -2.35. The SMILES string of the molecule is CC1(C)CCC(NS(=O)(=O)CCCC(=O)O)C1. The summed E-state index contributed by atoms with van der Waals surface area (Å²) in [6.45, 7) is 4.26. The Morgan fingerprint density at radius 3 is 2.59 bits per heavy atom. The summed E-state index contributed by atoms with van der Waals surface area (Å²) in [4.78, 5) is 10.3. The minimum atomic E-state index is -3.32. The van der Waals surface area contributed by atoms with Crippen LogP contribution in [0.4, 0.5) is 0 Å². The van der Waals surface area contributed by atoms with Crippen LogP contribution in [0.25, 0.3) is 0 Å². The summed E-state index contributed by atoms with van der Waals surface area (Å²) < 4.78 is 26.0. The highest BCUT2D eigenvalue weighted by molar-refractivity contribution is 7.89. The highest BCUT2D eigenvalue weighted by Crippen LogP contribution is 2.37. The molecule has 6 heteroatoms. The van der Waals surface area contributed by atoms with Gasteiger partial charge in [-0.25, -0.2) is 13.1 Å². The molecule has 0 amide bonds. The fourth-order valence-corrected chi connectivity index (χ4v) is 3.61. The molecule has 0 bridgehead atoms. The van der Waals surface area contributed by atoms with Gasteiger partial charge in [0.2, 0.25) is 10.0 Å². The number of aliphatic carboxylic acids is 1. The summed E-state index contributed by atoms with van der Waals surface area (Å²) >= 11 is 0. The minimum Gasteiger partial charge on any atom is -0.481 e. The van der Waals surface area contributed by atoms with Crippen molar-refractivity contribution in [3.8, 4) is 0 Å². The van der Waals surface area contributed by atoms with Crippen LogP contribution >= 0.6 is 0 Å². The van der Waals surface area contributed by atoms with Crippen LogP contribution < -0.4 is 4.72 Å². The molecule has 1 saturated carbocycles. The quantitative estimate of drug-likeness (QED) is 0.757. The highest BCUT2D eigenvalue weighted by atomic mass is 32.2. The first-order valence-electron chi connectivity index (χ1n) is 5.92. The van der Waals surface area contributed by atoms with Crippen LogP contribution in [0.5, 0.6) is 0 Å². The molecular weight excluding hydrogens is 242 g/mol. The molecule has 1 atom stereocenters. The number of hydrogen-bond acceptors (Lipinski definition) is 3. The standard InChI is InChI=1S/C11H21NO4S/c1-11(2)6-5-9(8-11)12-17(15,16)7-3-4-10(13)14/h9,12H,3-8H2,1-2H3,(H,13,14). The Kier molecular flexibility index (Phi) is 4.55. The first kappa shape index (κ1) is 14.4. The molecule has 0 heterocycles. The van der Waals surface area contributed by atoms with Gasteiger partial charge in [-0.05, 0) is 31.1 Å². The molecule has 0 aromatic rings. The van der Waals surface area contributed by atoms with E-state index >= 15 is 0 Å². The number of carboxylic acids is 1. The zero-order valence-electron chi connectivity index (χ0n) is 10.4. The topological polar surface area (TPSA) is 83.5 Å². The maximum Gasteiger partial charge on any atom is 0.303 e. The lowest BCUT2D eigenvalue weighted by Gasteiger charge is -2.17. The Hall–Kier alpha value is -0.620. The van der Waals surface area contributed by atoms with Crippen molar-refractivity contribution in [3.63, 3.8) is 0 Å². The maximum absolute atomic E-state index is 11.7. The highest BCUT2D eigenvalue weighted by Gasteiger charge is 2.32. The second-order valence-electron chi connectivity index (χ2n) is 5.54. The molecule has 100 valence electrons. The minimum absolute atomic E-state index is 0.0137. The van der Waals surface area contributed by atoms with Gasteiger partial charge in [0.15, 0.2) is 0 Å². The number of nitrogens with one attached hydrogen (secondary N) is 1. The van der Waals surface area contributed by atoms with Gasteiger partial charge < -0.3 is 5.11 Å². The fourth-order valence-electron chi connectivity index (χ4n) is 2.26. The van der Waals surface area contributed by atoms with Gasteiger partial charge in [0, 0.05) is 12.5 Å². The maximum atomic E-state index is 11.7. The molecule has 1 aliphatic carbocycles. The van der Waals surface area contributed by atoms with Crippen molar-refractivity contribution in [2.45, 2.75) is 52.0 Å². The Labute approximate surface area is 103 Å². The van der Waals surface area contributed by atoms with Gasteiger partial charge in [0.1, 0.15) is 0 Å². The summed E-state index contributed by atoms with van der Waals surface area (Å²) in [6, 6.07) is 0.0137. The van der Waals surface area contributed by atoms with Crippen molar-refractivity contribution < 1.29 is 18.3 Å². The molecule has 0 radical (unpaired) electrons. The van der Waals surface area contributed by atoms with Gasteiger partial charge in [-0.2, -0.15) is 0 Å². The monoisotopic (exact) mass is 263 g/mol. The van der Waals surface area contributed by atoms with Crippen molar-refractivity contribution in [1.29, 1.82) is 0 Å². The first-order valence-corrected chi connectivity index (χ1v) is 7.57. The van der Waals surface area contributed by atoms with Crippen LogP contribution in [0.1, 0.15) is 46.0 Å². The van der Waals surface area contributed by atoms with E-state index in [-0.39, 0.29) is 30.1 Å². The van der Waals surface area contributed by atoms with Crippen LogP contribution in [0.3, 0.4) is 0 Å². The van der Waals surface area contributed by atoms with Crippen molar-refractivity contribution >= 4 is 16.0 Å². The molecular formula is C11H21NO4S. The lowest BCUT2D eigenvalue weighted by atomic mass is 9.92. The van der Waals surface area contributed by atoms with Gasteiger partial charge in [-0.3, -0.25) is 4.79 Å². The third kappa shape index (κ3) is 5.50. The Bertz CT molecular complexity index is 375. The van der Waals surface area contributed by atoms with E-state index in [0.29, 0.717) is 0 Å². The largest absolute Gasteiger partial charge is 0.481 e.